The van der Waals surface area contributed by atoms with Gasteiger partial charge >= 0.3 is 58.4 Å². The fraction of sp³-hybridized carbons (Fsp3) is 0.125. The summed E-state index contributed by atoms with van der Waals surface area (Å²) in [6.07, 6.45) is 0.0472. The summed E-state index contributed by atoms with van der Waals surface area (Å²) in [5.74, 6) is 0. The molecule has 2 aromatic rings. The number of rotatable bonds is 3. The molecule has 1 aromatic carbocycles. The molecule has 0 bridgehead atoms. The SMILES string of the molecule is O=[N+]([O-])c1ccc2cnn(C[B-](F)(F)F)c2c1.[K+]. The second kappa shape index (κ2) is 5.70. The molecule has 0 aliphatic carbocycles. The second-order valence-corrected chi connectivity index (χ2v) is 3.54. The van der Waals surface area contributed by atoms with Gasteiger partial charge in [-0.1, -0.05) is 0 Å². The fourth-order valence-electron chi connectivity index (χ4n) is 1.51. The third-order valence-corrected chi connectivity index (χ3v) is 2.22. The van der Waals surface area contributed by atoms with Crippen LogP contribution in [0.25, 0.3) is 10.9 Å². The van der Waals surface area contributed by atoms with Crippen molar-refractivity contribution < 1.29 is 69.3 Å². The van der Waals surface area contributed by atoms with Crippen molar-refractivity contribution >= 4 is 23.6 Å². The number of nitrogens with zero attached hydrogens (tertiary/aromatic N) is 3. The van der Waals surface area contributed by atoms with Gasteiger partial charge in [-0.15, -0.1) is 0 Å². The van der Waals surface area contributed by atoms with Gasteiger partial charge in [0, 0.05) is 24.0 Å². The number of aromatic nitrogens is 2. The summed E-state index contributed by atoms with van der Waals surface area (Å²) in [6.45, 7) is -5.03. The van der Waals surface area contributed by atoms with Crippen LogP contribution >= 0.6 is 0 Å². The fourth-order valence-corrected chi connectivity index (χ4v) is 1.51. The van der Waals surface area contributed by atoms with E-state index in [0.717, 1.165) is 10.7 Å². The number of nitro benzene ring substituents is 1. The maximum atomic E-state index is 12.3. The average Bonchev–Trinajstić information content (AvgIpc) is 2.58. The van der Waals surface area contributed by atoms with Crippen molar-refractivity contribution in [3.05, 3.63) is 34.5 Å². The molecule has 0 aliphatic heterocycles. The molecule has 0 radical (unpaired) electrons. The van der Waals surface area contributed by atoms with Crippen molar-refractivity contribution in [1.82, 2.24) is 9.78 Å². The van der Waals surface area contributed by atoms with Crippen molar-refractivity contribution in [2.45, 2.75) is 6.44 Å². The van der Waals surface area contributed by atoms with Gasteiger partial charge in [0.2, 0.25) is 0 Å². The van der Waals surface area contributed by atoms with E-state index in [-0.39, 0.29) is 62.6 Å². The first-order valence-electron chi connectivity index (χ1n) is 4.68. The van der Waals surface area contributed by atoms with Crippen LogP contribution in [0.15, 0.2) is 24.4 Å². The summed E-state index contributed by atoms with van der Waals surface area (Å²) in [5, 5.41) is 14.5. The molecule has 0 saturated heterocycles. The molecular weight excluding hydrogens is 277 g/mol. The second-order valence-electron chi connectivity index (χ2n) is 3.54. The van der Waals surface area contributed by atoms with E-state index in [1.165, 1.54) is 18.3 Å². The van der Waals surface area contributed by atoms with Crippen LogP contribution in [0.2, 0.25) is 0 Å². The zero-order valence-corrected chi connectivity index (χ0v) is 12.5. The van der Waals surface area contributed by atoms with E-state index in [2.05, 4.69) is 5.10 Å². The molecule has 10 heteroatoms. The van der Waals surface area contributed by atoms with Crippen LogP contribution in [0, 0.1) is 10.1 Å². The van der Waals surface area contributed by atoms with E-state index >= 15 is 0 Å². The third-order valence-electron chi connectivity index (χ3n) is 2.22. The van der Waals surface area contributed by atoms with E-state index in [9.17, 15) is 23.1 Å². The van der Waals surface area contributed by atoms with Gasteiger partial charge in [-0.05, 0) is 6.07 Å². The van der Waals surface area contributed by atoms with Crippen molar-refractivity contribution in [1.29, 1.82) is 0 Å². The molecule has 0 aliphatic rings. The Morgan fingerprint density at radius 1 is 1.39 bits per heavy atom. The van der Waals surface area contributed by atoms with Crippen LogP contribution < -0.4 is 51.4 Å². The summed E-state index contributed by atoms with van der Waals surface area (Å²) >= 11 is 0. The first-order valence-corrected chi connectivity index (χ1v) is 4.68. The molecule has 1 heterocycles. The normalized spacial score (nSPS) is 11.3. The Labute approximate surface area is 142 Å². The van der Waals surface area contributed by atoms with Gasteiger partial charge in [-0.3, -0.25) is 14.8 Å². The van der Waals surface area contributed by atoms with Crippen LogP contribution in [0.5, 0.6) is 0 Å². The molecule has 0 N–H and O–H groups in total. The van der Waals surface area contributed by atoms with Crippen LogP contribution in [0.1, 0.15) is 0 Å². The van der Waals surface area contributed by atoms with Gasteiger partial charge in [0.05, 0.1) is 16.6 Å². The number of non-ortho nitro benzene ring substituents is 1. The first kappa shape index (κ1) is 15.6. The molecule has 5 nitrogen and oxygen atoms in total. The maximum Gasteiger partial charge on any atom is 1.00 e. The minimum atomic E-state index is -5.03. The summed E-state index contributed by atoms with van der Waals surface area (Å²) in [7, 11) is 0. The number of fused-ring (bicyclic) bond motifs is 1. The standard InChI is InChI=1S/C8H6BF3N3O2.K/c10-9(11,12)5-14-8-3-7(15(16)17)2-1-6(8)4-13-14;/h1-4H,5H2;/q-1;+1. The Bertz CT molecular complexity index is 586. The third kappa shape index (κ3) is 3.54. The van der Waals surface area contributed by atoms with Crippen molar-refractivity contribution in [3.63, 3.8) is 0 Å². The van der Waals surface area contributed by atoms with Crippen LogP contribution in [0.3, 0.4) is 0 Å². The molecule has 0 spiro atoms. The topological polar surface area (TPSA) is 61.0 Å². The molecule has 18 heavy (non-hydrogen) atoms. The van der Waals surface area contributed by atoms with Gasteiger partial charge in [-0.25, -0.2) is 0 Å². The largest absolute Gasteiger partial charge is 1.00 e. The zero-order chi connectivity index (χ0) is 12.6. The predicted molar refractivity (Wildman–Crippen MR) is 55.5 cm³/mol. The van der Waals surface area contributed by atoms with E-state index in [1.807, 2.05) is 0 Å². The molecule has 0 unspecified atom stereocenters. The van der Waals surface area contributed by atoms with E-state index in [0.29, 0.717) is 5.39 Å². The maximum absolute atomic E-state index is 12.3. The summed E-state index contributed by atoms with van der Waals surface area (Å²) in [4.78, 5) is 9.86. The number of benzene rings is 1. The van der Waals surface area contributed by atoms with Crippen LogP contribution in [-0.2, 0) is 6.44 Å². The minimum Gasteiger partial charge on any atom is -0.448 e. The Hall–Kier alpha value is -0.419. The van der Waals surface area contributed by atoms with Crippen molar-refractivity contribution in [3.8, 4) is 0 Å². The van der Waals surface area contributed by atoms with Gasteiger partial charge in [0.15, 0.2) is 0 Å². The van der Waals surface area contributed by atoms with Gasteiger partial charge in [0.25, 0.3) is 5.69 Å². The molecule has 90 valence electrons. The van der Waals surface area contributed by atoms with Gasteiger partial charge in [-0.2, -0.15) is 5.10 Å². The van der Waals surface area contributed by atoms with Crippen LogP contribution in [-0.4, -0.2) is 21.7 Å². The Kier molecular flexibility index (Phi) is 4.95. The Morgan fingerprint density at radius 2 is 2.06 bits per heavy atom. The predicted octanol–water partition coefficient (Wildman–Crippen LogP) is -0.665. The Balaban J connectivity index is 0.00000162. The molecule has 0 fully saturated rings. The zero-order valence-electron chi connectivity index (χ0n) is 9.39. The van der Waals surface area contributed by atoms with Crippen LogP contribution in [0.4, 0.5) is 18.6 Å². The molecule has 0 atom stereocenters. The summed E-state index contributed by atoms with van der Waals surface area (Å²) in [6, 6.07) is 3.69. The molecule has 2 rings (SSSR count). The van der Waals surface area contributed by atoms with E-state index in [4.69, 9.17) is 0 Å². The van der Waals surface area contributed by atoms with Crippen molar-refractivity contribution in [2.75, 3.05) is 0 Å². The molecule has 0 saturated carbocycles. The number of nitro groups is 1. The van der Waals surface area contributed by atoms with Crippen molar-refractivity contribution in [2.24, 2.45) is 0 Å². The quantitative estimate of drug-likeness (QED) is 0.426. The average molecular weight is 283 g/mol. The summed E-state index contributed by atoms with van der Waals surface area (Å²) in [5.41, 5.74) is -0.146. The molecule has 0 amide bonds. The van der Waals surface area contributed by atoms with Gasteiger partial charge in [0.1, 0.15) is 0 Å². The van der Waals surface area contributed by atoms with E-state index < -0.39 is 18.3 Å². The minimum absolute atomic E-state index is 0. The van der Waals surface area contributed by atoms with E-state index in [1.54, 1.807) is 0 Å². The Morgan fingerprint density at radius 3 is 2.61 bits per heavy atom. The first-order chi connectivity index (χ1) is 7.87. The number of hydrogen-bond acceptors (Lipinski definition) is 3. The number of halogens is 3. The molecule has 1 aromatic heterocycles. The smallest absolute Gasteiger partial charge is 0.448 e. The van der Waals surface area contributed by atoms with Gasteiger partial charge < -0.3 is 12.9 Å². The number of hydrogen-bond donors (Lipinski definition) is 0. The summed E-state index contributed by atoms with van der Waals surface area (Å²) < 4.78 is 37.5. The molecular formula is C8H6BF3KN3O2. The monoisotopic (exact) mass is 283 g/mol.